The van der Waals surface area contributed by atoms with Gasteiger partial charge in [0, 0.05) is 41.1 Å². The number of carbonyl (C=O) groups is 2. The summed E-state index contributed by atoms with van der Waals surface area (Å²) >= 11 is 1.60. The number of benzene rings is 3. The van der Waals surface area contributed by atoms with Gasteiger partial charge in [0.15, 0.2) is 0 Å². The molecule has 4 nitrogen and oxygen atoms in total. The molecule has 0 radical (unpaired) electrons. The van der Waals surface area contributed by atoms with Crippen LogP contribution in [0.25, 0.3) is 0 Å². The van der Waals surface area contributed by atoms with Crippen molar-refractivity contribution in [1.29, 1.82) is 0 Å². The monoisotopic (exact) mass is 506 g/mol. The minimum absolute atomic E-state index is 0.0236. The Morgan fingerprint density at radius 3 is 2.22 bits per heavy atom. The zero-order valence-electron chi connectivity index (χ0n) is 21.5. The maximum Gasteiger partial charge on any atom is 0.243 e. The first-order valence-corrected chi connectivity index (χ1v) is 13.2. The van der Waals surface area contributed by atoms with E-state index in [1.54, 1.807) is 34.9 Å². The first-order chi connectivity index (χ1) is 17.1. The Hall–Kier alpha value is -3.12. The van der Waals surface area contributed by atoms with Crippen molar-refractivity contribution in [2.24, 2.45) is 0 Å². The molecule has 0 heterocycles. The minimum atomic E-state index is -0.775. The second kappa shape index (κ2) is 12.7. The Morgan fingerprint density at radius 2 is 1.58 bits per heavy atom. The molecule has 0 aliphatic rings. The normalized spacial score (nSPS) is 12.1. The second-order valence-corrected chi connectivity index (χ2v) is 11.1. The first-order valence-electron chi connectivity index (χ1n) is 12.2. The third-order valence-corrected chi connectivity index (χ3v) is 6.69. The smallest absolute Gasteiger partial charge is 0.243 e. The molecule has 190 valence electrons. The van der Waals surface area contributed by atoms with Gasteiger partial charge in [-0.3, -0.25) is 9.59 Å². The molecule has 2 amide bonds. The second-order valence-electron chi connectivity index (χ2n) is 9.97. The summed E-state index contributed by atoms with van der Waals surface area (Å²) in [5, 5.41) is 3.03. The third kappa shape index (κ3) is 8.52. The van der Waals surface area contributed by atoms with Crippen molar-refractivity contribution in [2.45, 2.75) is 63.6 Å². The molecule has 0 saturated carbocycles. The Balaban J connectivity index is 1.87. The van der Waals surface area contributed by atoms with Crippen LogP contribution in [-0.4, -0.2) is 34.0 Å². The molecule has 3 rings (SSSR count). The van der Waals surface area contributed by atoms with E-state index in [9.17, 15) is 14.0 Å². The molecular formula is C30H35FN2O2S. The Morgan fingerprint density at radius 1 is 0.944 bits per heavy atom. The van der Waals surface area contributed by atoms with Crippen molar-refractivity contribution in [3.8, 4) is 0 Å². The number of thioether (sulfide) groups is 1. The highest BCUT2D eigenvalue weighted by Gasteiger charge is 2.32. The zero-order valence-corrected chi connectivity index (χ0v) is 22.3. The van der Waals surface area contributed by atoms with Gasteiger partial charge in [-0.05, 0) is 51.5 Å². The maximum atomic E-state index is 14.6. The summed E-state index contributed by atoms with van der Waals surface area (Å²) in [5.41, 5.74) is 2.03. The van der Waals surface area contributed by atoms with Crippen molar-refractivity contribution in [3.63, 3.8) is 0 Å². The molecule has 0 fully saturated rings. The molecule has 6 heteroatoms. The van der Waals surface area contributed by atoms with Gasteiger partial charge in [0.2, 0.25) is 11.8 Å². The summed E-state index contributed by atoms with van der Waals surface area (Å²) in [6, 6.07) is 23.4. The van der Waals surface area contributed by atoms with Crippen molar-refractivity contribution < 1.29 is 14.0 Å². The number of amides is 2. The van der Waals surface area contributed by atoms with E-state index in [1.165, 1.54) is 11.6 Å². The van der Waals surface area contributed by atoms with Gasteiger partial charge >= 0.3 is 0 Å². The predicted octanol–water partition coefficient (Wildman–Crippen LogP) is 6.17. The van der Waals surface area contributed by atoms with Crippen LogP contribution >= 0.6 is 11.8 Å². The van der Waals surface area contributed by atoms with E-state index in [4.69, 9.17) is 0 Å². The molecule has 0 unspecified atom stereocenters. The molecule has 0 saturated heterocycles. The summed E-state index contributed by atoms with van der Waals surface area (Å²) in [7, 11) is 0. The quantitative estimate of drug-likeness (QED) is 0.335. The van der Waals surface area contributed by atoms with Gasteiger partial charge < -0.3 is 10.2 Å². The minimum Gasteiger partial charge on any atom is -0.350 e. The van der Waals surface area contributed by atoms with Crippen LogP contribution in [0.5, 0.6) is 0 Å². The average molecular weight is 507 g/mol. The van der Waals surface area contributed by atoms with Crippen molar-refractivity contribution in [1.82, 2.24) is 10.2 Å². The van der Waals surface area contributed by atoms with Crippen LogP contribution in [0.2, 0.25) is 0 Å². The number of carbonyl (C=O) groups excluding carboxylic acids is 2. The lowest BCUT2D eigenvalue weighted by atomic mass is 10.0. The SMILES string of the molecule is Cc1ccc(SCCC(=O)N(Cc2ccccc2F)[C@H](Cc2ccccc2)C(=O)NC(C)(C)C)cc1. The highest BCUT2D eigenvalue weighted by molar-refractivity contribution is 7.99. The van der Waals surface area contributed by atoms with Crippen molar-refractivity contribution >= 4 is 23.6 Å². The average Bonchev–Trinajstić information content (AvgIpc) is 2.83. The Labute approximate surface area is 218 Å². The molecule has 0 bridgehead atoms. The Bertz CT molecular complexity index is 1140. The van der Waals surface area contributed by atoms with Crippen LogP contribution in [0.3, 0.4) is 0 Å². The fourth-order valence-electron chi connectivity index (χ4n) is 3.85. The lowest BCUT2D eigenvalue weighted by Gasteiger charge is -2.34. The number of nitrogens with zero attached hydrogens (tertiary/aromatic N) is 1. The summed E-state index contributed by atoms with van der Waals surface area (Å²) < 4.78 is 14.6. The van der Waals surface area contributed by atoms with E-state index >= 15 is 0 Å². The topological polar surface area (TPSA) is 49.4 Å². The fourth-order valence-corrected chi connectivity index (χ4v) is 4.69. The number of halogens is 1. The molecule has 0 aliphatic heterocycles. The summed E-state index contributed by atoms with van der Waals surface area (Å²) in [4.78, 5) is 29.8. The summed E-state index contributed by atoms with van der Waals surface area (Å²) in [6.45, 7) is 7.78. The number of nitrogens with one attached hydrogen (secondary N) is 1. The number of rotatable bonds is 10. The number of hydrogen-bond acceptors (Lipinski definition) is 3. The van der Waals surface area contributed by atoms with Crippen LogP contribution in [0.4, 0.5) is 4.39 Å². The van der Waals surface area contributed by atoms with E-state index in [2.05, 4.69) is 5.32 Å². The van der Waals surface area contributed by atoms with E-state index in [0.29, 0.717) is 17.7 Å². The van der Waals surface area contributed by atoms with Crippen molar-refractivity contribution in [2.75, 3.05) is 5.75 Å². The van der Waals surface area contributed by atoms with Gasteiger partial charge in [-0.2, -0.15) is 0 Å². The molecule has 36 heavy (non-hydrogen) atoms. The third-order valence-electron chi connectivity index (χ3n) is 5.67. The lowest BCUT2D eigenvalue weighted by Crippen LogP contribution is -2.54. The van der Waals surface area contributed by atoms with Gasteiger partial charge in [-0.1, -0.05) is 66.2 Å². The number of hydrogen-bond donors (Lipinski definition) is 1. The first kappa shape index (κ1) is 27.5. The molecule has 0 aromatic heterocycles. The summed E-state index contributed by atoms with van der Waals surface area (Å²) in [5.74, 6) is -0.252. The van der Waals surface area contributed by atoms with Crippen LogP contribution < -0.4 is 5.32 Å². The van der Waals surface area contributed by atoms with E-state index < -0.39 is 11.6 Å². The van der Waals surface area contributed by atoms with Crippen molar-refractivity contribution in [3.05, 3.63) is 101 Å². The largest absolute Gasteiger partial charge is 0.350 e. The highest BCUT2D eigenvalue weighted by atomic mass is 32.2. The molecule has 0 spiro atoms. The van der Waals surface area contributed by atoms with Gasteiger partial charge in [0.1, 0.15) is 11.9 Å². The van der Waals surface area contributed by atoms with Gasteiger partial charge in [-0.25, -0.2) is 4.39 Å². The Kier molecular flexibility index (Phi) is 9.71. The van der Waals surface area contributed by atoms with Crippen LogP contribution in [0, 0.1) is 12.7 Å². The molecular weight excluding hydrogens is 471 g/mol. The fraction of sp³-hybridized carbons (Fsp3) is 0.333. The molecule has 3 aromatic carbocycles. The van der Waals surface area contributed by atoms with E-state index in [0.717, 1.165) is 10.5 Å². The molecule has 1 N–H and O–H groups in total. The van der Waals surface area contributed by atoms with Crippen LogP contribution in [0.15, 0.2) is 83.8 Å². The van der Waals surface area contributed by atoms with E-state index in [1.807, 2.05) is 82.3 Å². The number of aryl methyl sites for hydroxylation is 1. The van der Waals surface area contributed by atoms with Gasteiger partial charge in [0.25, 0.3) is 0 Å². The molecule has 3 aromatic rings. The summed E-state index contributed by atoms with van der Waals surface area (Å²) in [6.07, 6.45) is 0.579. The van der Waals surface area contributed by atoms with Crippen LogP contribution in [-0.2, 0) is 22.6 Å². The van der Waals surface area contributed by atoms with E-state index in [-0.39, 0.29) is 30.6 Å². The predicted molar refractivity (Wildman–Crippen MR) is 145 cm³/mol. The standard InChI is InChI=1S/C30H35FN2O2S/c1-22-14-16-25(17-15-22)36-19-18-28(34)33(21-24-12-8-9-13-26(24)31)27(29(35)32-30(2,3)4)20-23-10-6-5-7-11-23/h5-17,27H,18-21H2,1-4H3,(H,32,35)/t27-/m1/s1. The van der Waals surface area contributed by atoms with Crippen LogP contribution in [0.1, 0.15) is 43.9 Å². The zero-order chi connectivity index (χ0) is 26.1. The van der Waals surface area contributed by atoms with Gasteiger partial charge in [-0.15, -0.1) is 11.8 Å². The lowest BCUT2D eigenvalue weighted by molar-refractivity contribution is -0.141. The molecule has 0 aliphatic carbocycles. The maximum absolute atomic E-state index is 14.6. The molecule has 1 atom stereocenters. The highest BCUT2D eigenvalue weighted by Crippen LogP contribution is 2.22. The van der Waals surface area contributed by atoms with Gasteiger partial charge in [0.05, 0.1) is 0 Å².